The number of rotatable bonds is 6. The average molecular weight is 282 g/mol. The summed E-state index contributed by atoms with van der Waals surface area (Å²) in [7, 11) is 0. The zero-order chi connectivity index (χ0) is 14.0. The molecule has 0 radical (unpaired) electrons. The molecule has 1 aliphatic carbocycles. The van der Waals surface area contributed by atoms with Gasteiger partial charge >= 0.3 is 0 Å². The van der Waals surface area contributed by atoms with Gasteiger partial charge in [0.2, 0.25) is 0 Å². The number of thiazole rings is 1. The highest BCUT2D eigenvalue weighted by molar-refractivity contribution is 7.18. The predicted molar refractivity (Wildman–Crippen MR) is 79.6 cm³/mol. The SMILES string of the molecule is CCN(CC(C)C)C(=O)c1sc(NC2CC2)nc1N. The average Bonchev–Trinajstić information content (AvgIpc) is 3.08. The second kappa shape index (κ2) is 5.77. The smallest absolute Gasteiger partial charge is 0.267 e. The van der Waals surface area contributed by atoms with Gasteiger partial charge in [0, 0.05) is 19.1 Å². The fraction of sp³-hybridized carbons (Fsp3) is 0.692. The number of carbonyl (C=O) groups is 1. The molecule has 0 bridgehead atoms. The third-order valence-electron chi connectivity index (χ3n) is 3.01. The molecule has 6 heteroatoms. The molecule has 1 fully saturated rings. The van der Waals surface area contributed by atoms with Crippen molar-refractivity contribution in [1.82, 2.24) is 9.88 Å². The van der Waals surface area contributed by atoms with Crippen LogP contribution in [-0.4, -0.2) is 34.9 Å². The first-order valence-corrected chi connectivity index (χ1v) is 7.65. The van der Waals surface area contributed by atoms with E-state index in [1.165, 1.54) is 24.2 Å². The van der Waals surface area contributed by atoms with Gasteiger partial charge in [0.15, 0.2) is 5.13 Å². The minimum Gasteiger partial charge on any atom is -0.382 e. The summed E-state index contributed by atoms with van der Waals surface area (Å²) < 4.78 is 0. The Labute approximate surface area is 118 Å². The quantitative estimate of drug-likeness (QED) is 0.840. The van der Waals surface area contributed by atoms with Gasteiger partial charge in [-0.1, -0.05) is 25.2 Å². The Bertz CT molecular complexity index is 453. The summed E-state index contributed by atoms with van der Waals surface area (Å²) in [6.07, 6.45) is 2.36. The van der Waals surface area contributed by atoms with Crippen molar-refractivity contribution < 1.29 is 4.79 Å². The van der Waals surface area contributed by atoms with Gasteiger partial charge in [-0.15, -0.1) is 0 Å². The summed E-state index contributed by atoms with van der Waals surface area (Å²) in [6.45, 7) is 7.64. The minimum atomic E-state index is -0.00459. The lowest BCUT2D eigenvalue weighted by molar-refractivity contribution is 0.0751. The van der Waals surface area contributed by atoms with Gasteiger partial charge in [0.25, 0.3) is 5.91 Å². The Balaban J connectivity index is 2.09. The molecule has 1 heterocycles. The highest BCUT2D eigenvalue weighted by Crippen LogP contribution is 2.31. The Morgan fingerprint density at radius 1 is 1.58 bits per heavy atom. The normalized spacial score (nSPS) is 14.7. The van der Waals surface area contributed by atoms with Crippen molar-refractivity contribution in [3.63, 3.8) is 0 Å². The van der Waals surface area contributed by atoms with Crippen LogP contribution in [0.4, 0.5) is 10.9 Å². The van der Waals surface area contributed by atoms with Crippen molar-refractivity contribution in [1.29, 1.82) is 0 Å². The van der Waals surface area contributed by atoms with Crippen LogP contribution in [0.3, 0.4) is 0 Å². The van der Waals surface area contributed by atoms with Crippen LogP contribution in [0.2, 0.25) is 0 Å². The van der Waals surface area contributed by atoms with Crippen molar-refractivity contribution in [2.24, 2.45) is 5.92 Å². The van der Waals surface area contributed by atoms with Gasteiger partial charge in [-0.05, 0) is 25.7 Å². The van der Waals surface area contributed by atoms with E-state index >= 15 is 0 Å². The Hall–Kier alpha value is -1.30. The zero-order valence-electron chi connectivity index (χ0n) is 11.8. The van der Waals surface area contributed by atoms with E-state index in [4.69, 9.17) is 5.73 Å². The van der Waals surface area contributed by atoms with Crippen LogP contribution in [0.15, 0.2) is 0 Å². The third-order valence-corrected chi connectivity index (χ3v) is 4.00. The number of aromatic nitrogens is 1. The van der Waals surface area contributed by atoms with Crippen LogP contribution >= 0.6 is 11.3 Å². The molecule has 1 aromatic rings. The molecule has 0 aromatic carbocycles. The lowest BCUT2D eigenvalue weighted by atomic mass is 10.2. The van der Waals surface area contributed by atoms with Crippen LogP contribution in [0.5, 0.6) is 0 Å². The van der Waals surface area contributed by atoms with E-state index in [1.807, 2.05) is 11.8 Å². The lowest BCUT2D eigenvalue weighted by Gasteiger charge is -2.22. The van der Waals surface area contributed by atoms with Gasteiger partial charge in [0.1, 0.15) is 10.7 Å². The van der Waals surface area contributed by atoms with Crippen molar-refractivity contribution in [2.45, 2.75) is 39.7 Å². The molecule has 1 aromatic heterocycles. The summed E-state index contributed by atoms with van der Waals surface area (Å²) >= 11 is 1.37. The second-order valence-electron chi connectivity index (χ2n) is 5.39. The molecule has 3 N–H and O–H groups in total. The van der Waals surface area contributed by atoms with Gasteiger partial charge < -0.3 is 16.0 Å². The molecule has 0 atom stereocenters. The summed E-state index contributed by atoms with van der Waals surface area (Å²) in [5.74, 6) is 0.789. The number of nitrogens with one attached hydrogen (secondary N) is 1. The molecule has 0 unspecified atom stereocenters. The summed E-state index contributed by atoms with van der Waals surface area (Å²) in [4.78, 5) is 19.1. The van der Waals surface area contributed by atoms with Crippen LogP contribution in [0.25, 0.3) is 0 Å². The number of nitrogens with two attached hydrogens (primary N) is 1. The van der Waals surface area contributed by atoms with E-state index in [1.54, 1.807) is 0 Å². The first kappa shape index (κ1) is 14.1. The second-order valence-corrected chi connectivity index (χ2v) is 6.39. The molecular weight excluding hydrogens is 260 g/mol. The molecular formula is C13H22N4OS. The molecule has 5 nitrogen and oxygen atoms in total. The number of nitrogens with zero attached hydrogens (tertiary/aromatic N) is 2. The first-order chi connectivity index (χ1) is 9.01. The largest absolute Gasteiger partial charge is 0.382 e. The fourth-order valence-corrected chi connectivity index (χ4v) is 2.82. The molecule has 1 amide bonds. The van der Waals surface area contributed by atoms with Crippen LogP contribution in [0, 0.1) is 5.92 Å². The molecule has 1 aliphatic rings. The number of hydrogen-bond acceptors (Lipinski definition) is 5. The standard InChI is InChI=1S/C13H22N4OS/c1-4-17(7-8(2)3)12(18)10-11(14)16-13(19-10)15-9-5-6-9/h8-9H,4-7,14H2,1-3H3,(H,15,16). The molecule has 0 aliphatic heterocycles. The number of carbonyl (C=O) groups excluding carboxylic acids is 1. The highest BCUT2D eigenvalue weighted by atomic mass is 32.1. The fourth-order valence-electron chi connectivity index (χ4n) is 1.89. The minimum absolute atomic E-state index is 0.00459. The van der Waals surface area contributed by atoms with Crippen LogP contribution < -0.4 is 11.1 Å². The van der Waals surface area contributed by atoms with Gasteiger partial charge in [-0.3, -0.25) is 4.79 Å². The summed E-state index contributed by atoms with van der Waals surface area (Å²) in [5, 5.41) is 4.05. The van der Waals surface area contributed by atoms with Crippen molar-refractivity contribution in [2.75, 3.05) is 24.1 Å². The van der Waals surface area contributed by atoms with E-state index < -0.39 is 0 Å². The maximum atomic E-state index is 12.4. The van der Waals surface area contributed by atoms with E-state index in [0.717, 1.165) is 11.7 Å². The van der Waals surface area contributed by atoms with E-state index in [9.17, 15) is 4.79 Å². The van der Waals surface area contributed by atoms with Gasteiger partial charge in [-0.25, -0.2) is 4.98 Å². The Kier molecular flexibility index (Phi) is 4.29. The number of anilines is 2. The number of hydrogen-bond donors (Lipinski definition) is 2. The van der Waals surface area contributed by atoms with E-state index in [2.05, 4.69) is 24.1 Å². The van der Waals surface area contributed by atoms with Crippen LogP contribution in [0.1, 0.15) is 43.3 Å². The molecule has 106 valence electrons. The van der Waals surface area contributed by atoms with Crippen molar-refractivity contribution >= 4 is 28.2 Å². The van der Waals surface area contributed by atoms with Gasteiger partial charge in [0.05, 0.1) is 0 Å². The van der Waals surface area contributed by atoms with Gasteiger partial charge in [-0.2, -0.15) is 0 Å². The van der Waals surface area contributed by atoms with E-state index in [-0.39, 0.29) is 5.91 Å². The Morgan fingerprint density at radius 3 is 2.79 bits per heavy atom. The monoisotopic (exact) mass is 282 g/mol. The predicted octanol–water partition coefficient (Wildman–Crippen LogP) is 2.42. The highest BCUT2D eigenvalue weighted by Gasteiger charge is 2.25. The molecule has 2 rings (SSSR count). The Morgan fingerprint density at radius 2 is 2.26 bits per heavy atom. The number of nitrogen functional groups attached to an aromatic ring is 1. The van der Waals surface area contributed by atoms with Crippen LogP contribution in [-0.2, 0) is 0 Å². The van der Waals surface area contributed by atoms with Crippen molar-refractivity contribution in [3.05, 3.63) is 4.88 Å². The molecule has 0 spiro atoms. The third kappa shape index (κ3) is 3.59. The number of amides is 1. The first-order valence-electron chi connectivity index (χ1n) is 6.83. The zero-order valence-corrected chi connectivity index (χ0v) is 12.6. The topological polar surface area (TPSA) is 71.2 Å². The molecule has 0 saturated heterocycles. The summed E-state index contributed by atoms with van der Waals surface area (Å²) in [6, 6.07) is 0.520. The maximum Gasteiger partial charge on any atom is 0.267 e. The van der Waals surface area contributed by atoms with E-state index in [0.29, 0.717) is 29.2 Å². The molecule has 19 heavy (non-hydrogen) atoms. The lowest BCUT2D eigenvalue weighted by Crippen LogP contribution is -2.33. The molecule has 1 saturated carbocycles. The maximum absolute atomic E-state index is 12.4. The summed E-state index contributed by atoms with van der Waals surface area (Å²) in [5.41, 5.74) is 5.87. The van der Waals surface area contributed by atoms with Crippen molar-refractivity contribution in [3.8, 4) is 0 Å².